The monoisotopic (exact) mass is 394 g/mol. The standard InChI is InChI=1S/C24H34N4O/c1-2-25-24(26-16-21-8-5-7-20-6-3-4-9-23(20)21)27-22-10-13-28(14-11-22)17-19-12-15-29-18-19/h3-9,19,22H,2,10-18H2,1H3,(H2,25,26,27). The predicted molar refractivity (Wildman–Crippen MR) is 120 cm³/mol. The molecule has 2 fully saturated rings. The number of rotatable bonds is 6. The highest BCUT2D eigenvalue weighted by Crippen LogP contribution is 2.20. The Hall–Kier alpha value is -2.11. The fourth-order valence-electron chi connectivity index (χ4n) is 4.46. The van der Waals surface area contributed by atoms with Gasteiger partial charge in [-0.25, -0.2) is 4.99 Å². The quantitative estimate of drug-likeness (QED) is 0.582. The second-order valence-electron chi connectivity index (χ2n) is 8.28. The summed E-state index contributed by atoms with van der Waals surface area (Å²) in [5.74, 6) is 1.67. The van der Waals surface area contributed by atoms with Crippen LogP contribution in [0.1, 0.15) is 31.7 Å². The zero-order valence-electron chi connectivity index (χ0n) is 17.6. The van der Waals surface area contributed by atoms with Crippen LogP contribution >= 0.6 is 0 Å². The van der Waals surface area contributed by atoms with Crippen LogP contribution in [-0.4, -0.2) is 56.3 Å². The van der Waals surface area contributed by atoms with E-state index >= 15 is 0 Å². The molecule has 29 heavy (non-hydrogen) atoms. The molecule has 0 amide bonds. The smallest absolute Gasteiger partial charge is 0.191 e. The second kappa shape index (κ2) is 10.1. The highest BCUT2D eigenvalue weighted by atomic mass is 16.5. The van der Waals surface area contributed by atoms with Crippen LogP contribution in [0.2, 0.25) is 0 Å². The van der Waals surface area contributed by atoms with Gasteiger partial charge in [0.1, 0.15) is 0 Å². The van der Waals surface area contributed by atoms with Crippen molar-refractivity contribution in [2.24, 2.45) is 10.9 Å². The number of nitrogens with zero attached hydrogens (tertiary/aromatic N) is 2. The number of benzene rings is 2. The molecule has 5 heteroatoms. The fourth-order valence-corrected chi connectivity index (χ4v) is 4.46. The molecule has 0 aromatic heterocycles. The summed E-state index contributed by atoms with van der Waals surface area (Å²) in [4.78, 5) is 7.50. The number of fused-ring (bicyclic) bond motifs is 1. The molecule has 0 saturated carbocycles. The van der Waals surface area contributed by atoms with Crippen molar-refractivity contribution >= 4 is 16.7 Å². The zero-order valence-corrected chi connectivity index (χ0v) is 17.6. The van der Waals surface area contributed by atoms with Crippen LogP contribution < -0.4 is 10.6 Å². The Kier molecular flexibility index (Phi) is 7.01. The molecule has 2 aliphatic rings. The Morgan fingerprint density at radius 1 is 1.10 bits per heavy atom. The van der Waals surface area contributed by atoms with Gasteiger partial charge in [0.15, 0.2) is 5.96 Å². The summed E-state index contributed by atoms with van der Waals surface area (Å²) in [5, 5.41) is 9.67. The lowest BCUT2D eigenvalue weighted by molar-refractivity contribution is 0.150. The minimum absolute atomic E-state index is 0.497. The summed E-state index contributed by atoms with van der Waals surface area (Å²) in [5.41, 5.74) is 1.27. The van der Waals surface area contributed by atoms with Crippen molar-refractivity contribution in [1.82, 2.24) is 15.5 Å². The van der Waals surface area contributed by atoms with Gasteiger partial charge in [-0.05, 0) is 48.4 Å². The second-order valence-corrected chi connectivity index (χ2v) is 8.28. The molecule has 0 bridgehead atoms. The SMILES string of the molecule is CCNC(=NCc1cccc2ccccc12)NC1CCN(CC2CCOC2)CC1. The summed E-state index contributed by atoms with van der Waals surface area (Å²) in [7, 11) is 0. The first-order valence-corrected chi connectivity index (χ1v) is 11.1. The lowest BCUT2D eigenvalue weighted by atomic mass is 10.0. The van der Waals surface area contributed by atoms with Crippen molar-refractivity contribution < 1.29 is 4.74 Å². The van der Waals surface area contributed by atoms with Crippen molar-refractivity contribution in [3.05, 3.63) is 48.0 Å². The number of likely N-dealkylation sites (tertiary alicyclic amines) is 1. The number of nitrogens with one attached hydrogen (secondary N) is 2. The Morgan fingerprint density at radius 3 is 2.72 bits per heavy atom. The van der Waals surface area contributed by atoms with E-state index in [0.29, 0.717) is 12.6 Å². The van der Waals surface area contributed by atoms with Gasteiger partial charge in [-0.1, -0.05) is 42.5 Å². The Labute approximate surface area is 174 Å². The zero-order chi connectivity index (χ0) is 19.9. The molecular formula is C24H34N4O. The molecule has 0 aliphatic carbocycles. The molecule has 2 aliphatic heterocycles. The van der Waals surface area contributed by atoms with E-state index in [4.69, 9.17) is 9.73 Å². The topological polar surface area (TPSA) is 48.9 Å². The minimum Gasteiger partial charge on any atom is -0.381 e. The van der Waals surface area contributed by atoms with Gasteiger partial charge in [0.05, 0.1) is 13.2 Å². The van der Waals surface area contributed by atoms with Crippen molar-refractivity contribution in [3.8, 4) is 0 Å². The van der Waals surface area contributed by atoms with Crippen LogP contribution in [0.15, 0.2) is 47.5 Å². The van der Waals surface area contributed by atoms with Gasteiger partial charge in [-0.15, -0.1) is 0 Å². The number of hydrogen-bond donors (Lipinski definition) is 2. The predicted octanol–water partition coefficient (Wildman–Crippen LogP) is 3.40. The lowest BCUT2D eigenvalue weighted by Gasteiger charge is -2.34. The fraction of sp³-hybridized carbons (Fsp3) is 0.542. The van der Waals surface area contributed by atoms with Crippen LogP contribution in [0.25, 0.3) is 10.8 Å². The highest BCUT2D eigenvalue weighted by molar-refractivity contribution is 5.86. The maximum absolute atomic E-state index is 5.53. The first-order valence-electron chi connectivity index (χ1n) is 11.1. The number of ether oxygens (including phenoxy) is 1. The Balaban J connectivity index is 1.33. The molecule has 2 saturated heterocycles. The maximum atomic E-state index is 5.53. The van der Waals surface area contributed by atoms with E-state index in [1.54, 1.807) is 0 Å². The van der Waals surface area contributed by atoms with Crippen LogP contribution in [0.4, 0.5) is 0 Å². The average Bonchev–Trinajstić information content (AvgIpc) is 3.26. The first kappa shape index (κ1) is 20.2. The first-order chi connectivity index (χ1) is 14.3. The number of piperidine rings is 1. The van der Waals surface area contributed by atoms with Crippen LogP contribution in [-0.2, 0) is 11.3 Å². The summed E-state index contributed by atoms with van der Waals surface area (Å²) in [6.45, 7) is 9.11. The van der Waals surface area contributed by atoms with E-state index in [1.165, 1.54) is 42.1 Å². The Bertz CT molecular complexity index is 802. The average molecular weight is 395 g/mol. The molecule has 2 N–H and O–H groups in total. The van der Waals surface area contributed by atoms with Gasteiger partial charge in [0.2, 0.25) is 0 Å². The van der Waals surface area contributed by atoms with Gasteiger partial charge in [0, 0.05) is 38.8 Å². The number of guanidine groups is 1. The van der Waals surface area contributed by atoms with Crippen LogP contribution in [0.3, 0.4) is 0 Å². The Morgan fingerprint density at radius 2 is 1.93 bits per heavy atom. The number of aliphatic imine (C=N–C) groups is 1. The largest absolute Gasteiger partial charge is 0.381 e. The third-order valence-electron chi connectivity index (χ3n) is 6.10. The van der Waals surface area contributed by atoms with Crippen molar-refractivity contribution in [2.45, 2.75) is 38.8 Å². The molecule has 2 heterocycles. The third kappa shape index (κ3) is 5.49. The van der Waals surface area contributed by atoms with E-state index in [1.807, 2.05) is 0 Å². The molecule has 0 spiro atoms. The molecule has 4 rings (SSSR count). The van der Waals surface area contributed by atoms with E-state index in [2.05, 4.69) is 64.9 Å². The van der Waals surface area contributed by atoms with Crippen molar-refractivity contribution in [2.75, 3.05) is 39.4 Å². The molecule has 0 radical (unpaired) electrons. The lowest BCUT2D eigenvalue weighted by Crippen LogP contribution is -2.49. The summed E-state index contributed by atoms with van der Waals surface area (Å²) < 4.78 is 5.53. The van der Waals surface area contributed by atoms with Gasteiger partial charge >= 0.3 is 0 Å². The van der Waals surface area contributed by atoms with E-state index in [0.717, 1.165) is 44.7 Å². The third-order valence-corrected chi connectivity index (χ3v) is 6.10. The van der Waals surface area contributed by atoms with Gasteiger partial charge in [0.25, 0.3) is 0 Å². The molecule has 156 valence electrons. The normalized spacial score (nSPS) is 21.6. The molecule has 1 unspecified atom stereocenters. The molecule has 2 aromatic carbocycles. The van der Waals surface area contributed by atoms with E-state index in [9.17, 15) is 0 Å². The van der Waals surface area contributed by atoms with Crippen molar-refractivity contribution in [1.29, 1.82) is 0 Å². The molecule has 2 aromatic rings. The van der Waals surface area contributed by atoms with E-state index in [-0.39, 0.29) is 0 Å². The van der Waals surface area contributed by atoms with Gasteiger partial charge < -0.3 is 20.3 Å². The molecular weight excluding hydrogens is 360 g/mol. The van der Waals surface area contributed by atoms with E-state index < -0.39 is 0 Å². The van der Waals surface area contributed by atoms with Crippen molar-refractivity contribution in [3.63, 3.8) is 0 Å². The molecule has 5 nitrogen and oxygen atoms in total. The van der Waals surface area contributed by atoms with Gasteiger partial charge in [-0.2, -0.15) is 0 Å². The molecule has 1 atom stereocenters. The van der Waals surface area contributed by atoms with Crippen LogP contribution in [0, 0.1) is 5.92 Å². The highest BCUT2D eigenvalue weighted by Gasteiger charge is 2.24. The summed E-state index contributed by atoms with van der Waals surface area (Å²) in [6.07, 6.45) is 3.57. The maximum Gasteiger partial charge on any atom is 0.191 e. The van der Waals surface area contributed by atoms with Crippen LogP contribution in [0.5, 0.6) is 0 Å². The minimum atomic E-state index is 0.497. The summed E-state index contributed by atoms with van der Waals surface area (Å²) in [6, 6.07) is 15.5. The van der Waals surface area contributed by atoms with Gasteiger partial charge in [-0.3, -0.25) is 0 Å². The summed E-state index contributed by atoms with van der Waals surface area (Å²) >= 11 is 0. The number of hydrogen-bond acceptors (Lipinski definition) is 3.